The summed E-state index contributed by atoms with van der Waals surface area (Å²) < 4.78 is 0. The second-order valence-corrected chi connectivity index (χ2v) is 7.57. The number of carboxylic acid groups (broad SMARTS) is 1. The summed E-state index contributed by atoms with van der Waals surface area (Å²) in [6.07, 6.45) is 16.6. The fourth-order valence-corrected chi connectivity index (χ4v) is 4.08. The molecule has 0 bridgehead atoms. The first-order valence-corrected chi connectivity index (χ1v) is 9.91. The van der Waals surface area contributed by atoms with Crippen LogP contribution in [-0.2, 0) is 4.79 Å². The van der Waals surface area contributed by atoms with Gasteiger partial charge < -0.3 is 15.3 Å². The van der Waals surface area contributed by atoms with E-state index in [9.17, 15) is 4.79 Å². The highest BCUT2D eigenvalue weighted by atomic mass is 16.4. The Morgan fingerprint density at radius 2 is 2.04 bits per heavy atom. The summed E-state index contributed by atoms with van der Waals surface area (Å²) in [6, 6.07) is 0.407. The quantitative estimate of drug-likeness (QED) is 0.727. The summed E-state index contributed by atoms with van der Waals surface area (Å²) in [4.78, 5) is 21.7. The fourth-order valence-electron chi connectivity index (χ4n) is 4.08. The summed E-state index contributed by atoms with van der Waals surface area (Å²) in [5, 5.41) is 12.1. The number of nitrogens with zero attached hydrogens (tertiary/aromatic N) is 3. The highest BCUT2D eigenvalue weighted by molar-refractivity contribution is 5.84. The lowest BCUT2D eigenvalue weighted by molar-refractivity contribution is -0.131. The van der Waals surface area contributed by atoms with Gasteiger partial charge in [0.25, 0.3) is 0 Å². The Kier molecular flexibility index (Phi) is 7.00. The van der Waals surface area contributed by atoms with Gasteiger partial charge in [0, 0.05) is 18.7 Å². The topological polar surface area (TPSA) is 78.3 Å². The standard InChI is InChI=1S/C20H30N4O2/c25-20(26)9-8-17-13-22-19(14-21-17)23-18-7-4-11-24(15-18)12-10-16-5-2-1-3-6-16/h8-9,13-14,16,18H,1-7,10-12,15H2,(H,22,23)(H,25,26)/t18-/m1/s1. The SMILES string of the molecule is O=C(O)C=Cc1cnc(N[C@@H]2CCCN(CCC3CCCCC3)C2)cn1. The van der Waals surface area contributed by atoms with Gasteiger partial charge in [0.15, 0.2) is 0 Å². The highest BCUT2D eigenvalue weighted by Gasteiger charge is 2.21. The molecule has 6 nitrogen and oxygen atoms in total. The molecule has 1 atom stereocenters. The minimum atomic E-state index is -0.982. The van der Waals surface area contributed by atoms with Crippen LogP contribution in [0.2, 0.25) is 0 Å². The second-order valence-electron chi connectivity index (χ2n) is 7.57. The van der Waals surface area contributed by atoms with Crippen molar-refractivity contribution in [2.75, 3.05) is 25.0 Å². The zero-order valence-corrected chi connectivity index (χ0v) is 15.4. The molecule has 2 N–H and O–H groups in total. The molecule has 0 aromatic carbocycles. The van der Waals surface area contributed by atoms with Gasteiger partial charge in [0.05, 0.1) is 18.1 Å². The number of piperidine rings is 1. The number of nitrogens with one attached hydrogen (secondary N) is 1. The third-order valence-corrected chi connectivity index (χ3v) is 5.50. The first kappa shape index (κ1) is 18.8. The van der Waals surface area contributed by atoms with Crippen LogP contribution in [-0.4, -0.2) is 51.6 Å². The number of hydrogen-bond acceptors (Lipinski definition) is 5. The number of rotatable bonds is 7. The summed E-state index contributed by atoms with van der Waals surface area (Å²) >= 11 is 0. The number of carbonyl (C=O) groups is 1. The predicted octanol–water partition coefficient (Wildman–Crippen LogP) is 3.42. The number of anilines is 1. The molecule has 6 heteroatoms. The first-order chi connectivity index (χ1) is 12.7. The molecule has 0 radical (unpaired) electrons. The molecule has 1 aliphatic heterocycles. The Bertz CT molecular complexity index is 596. The smallest absolute Gasteiger partial charge is 0.328 e. The Balaban J connectivity index is 1.44. The van der Waals surface area contributed by atoms with Crippen LogP contribution in [0.4, 0.5) is 5.82 Å². The van der Waals surface area contributed by atoms with Gasteiger partial charge in [-0.2, -0.15) is 0 Å². The van der Waals surface area contributed by atoms with E-state index < -0.39 is 5.97 Å². The maximum atomic E-state index is 10.5. The molecule has 1 saturated carbocycles. The van der Waals surface area contributed by atoms with Crippen LogP contribution in [0.25, 0.3) is 6.08 Å². The molecule has 142 valence electrons. The Labute approximate surface area is 155 Å². The third kappa shape index (κ3) is 6.09. The van der Waals surface area contributed by atoms with Gasteiger partial charge in [-0.15, -0.1) is 0 Å². The summed E-state index contributed by atoms with van der Waals surface area (Å²) in [5.74, 6) is 0.718. The number of carboxylic acids is 1. The Morgan fingerprint density at radius 3 is 2.77 bits per heavy atom. The Hall–Kier alpha value is -1.95. The number of aliphatic carboxylic acids is 1. The average Bonchev–Trinajstić information content (AvgIpc) is 2.67. The average molecular weight is 358 g/mol. The highest BCUT2D eigenvalue weighted by Crippen LogP contribution is 2.27. The van der Waals surface area contributed by atoms with Gasteiger partial charge in [-0.3, -0.25) is 4.98 Å². The van der Waals surface area contributed by atoms with E-state index in [1.165, 1.54) is 64.1 Å². The normalized spacial score (nSPS) is 22.5. The zero-order valence-electron chi connectivity index (χ0n) is 15.4. The number of likely N-dealkylation sites (tertiary alicyclic amines) is 1. The van der Waals surface area contributed by atoms with Crippen LogP contribution in [0, 0.1) is 5.92 Å². The van der Waals surface area contributed by atoms with Crippen molar-refractivity contribution in [3.63, 3.8) is 0 Å². The first-order valence-electron chi connectivity index (χ1n) is 9.91. The van der Waals surface area contributed by atoms with E-state index in [4.69, 9.17) is 5.11 Å². The van der Waals surface area contributed by atoms with Crippen molar-refractivity contribution in [3.05, 3.63) is 24.2 Å². The lowest BCUT2D eigenvalue weighted by Gasteiger charge is -2.34. The van der Waals surface area contributed by atoms with Gasteiger partial charge in [-0.25, -0.2) is 9.78 Å². The minimum Gasteiger partial charge on any atom is -0.478 e. The van der Waals surface area contributed by atoms with Crippen molar-refractivity contribution in [1.82, 2.24) is 14.9 Å². The third-order valence-electron chi connectivity index (χ3n) is 5.50. The molecular formula is C20H30N4O2. The molecule has 2 aliphatic rings. The van der Waals surface area contributed by atoms with E-state index in [1.54, 1.807) is 12.4 Å². The van der Waals surface area contributed by atoms with Crippen LogP contribution in [0.15, 0.2) is 18.5 Å². The summed E-state index contributed by atoms with van der Waals surface area (Å²) in [7, 11) is 0. The van der Waals surface area contributed by atoms with Crippen LogP contribution in [0.1, 0.15) is 57.1 Å². The van der Waals surface area contributed by atoms with E-state index >= 15 is 0 Å². The summed E-state index contributed by atoms with van der Waals surface area (Å²) in [6.45, 7) is 3.48. The van der Waals surface area contributed by atoms with E-state index in [-0.39, 0.29) is 0 Å². The minimum absolute atomic E-state index is 0.407. The van der Waals surface area contributed by atoms with Crippen molar-refractivity contribution < 1.29 is 9.90 Å². The van der Waals surface area contributed by atoms with E-state index in [1.807, 2.05) is 0 Å². The van der Waals surface area contributed by atoms with Crippen molar-refractivity contribution in [3.8, 4) is 0 Å². The van der Waals surface area contributed by atoms with Crippen LogP contribution in [0.3, 0.4) is 0 Å². The molecule has 1 saturated heterocycles. The molecule has 2 fully saturated rings. The molecule has 1 aromatic rings. The zero-order chi connectivity index (χ0) is 18.2. The van der Waals surface area contributed by atoms with Crippen LogP contribution < -0.4 is 5.32 Å². The van der Waals surface area contributed by atoms with Crippen LogP contribution >= 0.6 is 0 Å². The maximum absolute atomic E-state index is 10.5. The van der Waals surface area contributed by atoms with E-state index in [0.717, 1.165) is 30.8 Å². The molecule has 0 unspecified atom stereocenters. The molecule has 3 rings (SSSR count). The number of aromatic nitrogens is 2. The molecule has 26 heavy (non-hydrogen) atoms. The van der Waals surface area contributed by atoms with Gasteiger partial charge >= 0.3 is 5.97 Å². The molecule has 1 aliphatic carbocycles. The van der Waals surface area contributed by atoms with Crippen molar-refractivity contribution >= 4 is 17.9 Å². The number of hydrogen-bond donors (Lipinski definition) is 2. The lowest BCUT2D eigenvalue weighted by Crippen LogP contribution is -2.43. The Morgan fingerprint density at radius 1 is 1.19 bits per heavy atom. The molecule has 0 amide bonds. The van der Waals surface area contributed by atoms with Crippen LogP contribution in [0.5, 0.6) is 0 Å². The van der Waals surface area contributed by atoms with E-state index in [0.29, 0.717) is 11.7 Å². The largest absolute Gasteiger partial charge is 0.478 e. The monoisotopic (exact) mass is 358 g/mol. The van der Waals surface area contributed by atoms with Crippen molar-refractivity contribution in [2.45, 2.75) is 57.4 Å². The van der Waals surface area contributed by atoms with Gasteiger partial charge in [0.2, 0.25) is 0 Å². The van der Waals surface area contributed by atoms with Gasteiger partial charge in [-0.1, -0.05) is 32.1 Å². The maximum Gasteiger partial charge on any atom is 0.328 e. The molecule has 0 spiro atoms. The van der Waals surface area contributed by atoms with Gasteiger partial charge in [0.1, 0.15) is 5.82 Å². The second kappa shape index (κ2) is 9.67. The van der Waals surface area contributed by atoms with Crippen molar-refractivity contribution in [2.24, 2.45) is 5.92 Å². The fraction of sp³-hybridized carbons (Fsp3) is 0.650. The molecular weight excluding hydrogens is 328 g/mol. The van der Waals surface area contributed by atoms with Crippen molar-refractivity contribution in [1.29, 1.82) is 0 Å². The molecule has 2 heterocycles. The molecule has 1 aromatic heterocycles. The van der Waals surface area contributed by atoms with E-state index in [2.05, 4.69) is 20.2 Å². The lowest BCUT2D eigenvalue weighted by atomic mass is 9.87. The summed E-state index contributed by atoms with van der Waals surface area (Å²) in [5.41, 5.74) is 0.552. The predicted molar refractivity (Wildman–Crippen MR) is 103 cm³/mol. The van der Waals surface area contributed by atoms with Gasteiger partial charge in [-0.05, 0) is 44.3 Å².